The zero-order chi connectivity index (χ0) is 22.5. The van der Waals surface area contributed by atoms with Crippen LogP contribution >= 0.6 is 0 Å². The van der Waals surface area contributed by atoms with Crippen LogP contribution in [0.1, 0.15) is 31.2 Å². The Bertz CT molecular complexity index is 1030. The van der Waals surface area contributed by atoms with Crippen LogP contribution in [0.15, 0.2) is 54.7 Å². The lowest BCUT2D eigenvalue weighted by atomic mass is 10.0. The molecule has 3 heterocycles. The standard InChI is InChI=1S/C27H34N2O4/c1-30-24-9-10-25-22(20-28-14-11-27(12-15-28)32-17-6-18-33-27)21-29(26(25)19-24)13-5-16-31-23-7-3-2-4-8-23/h2-4,7-10,19,21H,5-6,11-18,20H2,1H3. The summed E-state index contributed by atoms with van der Waals surface area (Å²) in [5.74, 6) is 1.47. The minimum atomic E-state index is -0.338. The van der Waals surface area contributed by atoms with Gasteiger partial charge in [0, 0.05) is 56.7 Å². The maximum absolute atomic E-state index is 6.01. The van der Waals surface area contributed by atoms with E-state index >= 15 is 0 Å². The maximum atomic E-state index is 6.01. The molecule has 0 unspecified atom stereocenters. The Labute approximate surface area is 196 Å². The minimum absolute atomic E-state index is 0.338. The second-order valence-electron chi connectivity index (χ2n) is 8.98. The summed E-state index contributed by atoms with van der Waals surface area (Å²) >= 11 is 0. The average Bonchev–Trinajstić information content (AvgIpc) is 3.21. The number of rotatable bonds is 8. The molecule has 2 aliphatic heterocycles. The van der Waals surface area contributed by atoms with E-state index in [1.165, 1.54) is 16.5 Å². The maximum Gasteiger partial charge on any atom is 0.170 e. The SMILES string of the molecule is COc1ccc2c(CN3CCC4(CC3)OCCCO4)cn(CCCOc3ccccc3)c2c1. The highest BCUT2D eigenvalue weighted by atomic mass is 16.7. The summed E-state index contributed by atoms with van der Waals surface area (Å²) in [7, 11) is 1.72. The van der Waals surface area contributed by atoms with Gasteiger partial charge in [0.25, 0.3) is 0 Å². The van der Waals surface area contributed by atoms with Gasteiger partial charge >= 0.3 is 0 Å². The molecule has 2 fully saturated rings. The van der Waals surface area contributed by atoms with E-state index in [2.05, 4.69) is 33.9 Å². The fourth-order valence-corrected chi connectivity index (χ4v) is 4.93. The van der Waals surface area contributed by atoms with Gasteiger partial charge in [0.15, 0.2) is 5.79 Å². The summed E-state index contributed by atoms with van der Waals surface area (Å²) < 4.78 is 25.8. The molecule has 2 aliphatic rings. The molecule has 5 rings (SSSR count). The van der Waals surface area contributed by atoms with E-state index in [9.17, 15) is 0 Å². The minimum Gasteiger partial charge on any atom is -0.497 e. The molecule has 176 valence electrons. The first-order valence-electron chi connectivity index (χ1n) is 12.1. The van der Waals surface area contributed by atoms with Crippen molar-refractivity contribution >= 4 is 10.9 Å². The number of hydrogen-bond acceptors (Lipinski definition) is 5. The van der Waals surface area contributed by atoms with Crippen molar-refractivity contribution in [2.75, 3.05) is 40.0 Å². The summed E-state index contributed by atoms with van der Waals surface area (Å²) in [5.41, 5.74) is 2.58. The third-order valence-corrected chi connectivity index (χ3v) is 6.76. The first-order valence-corrected chi connectivity index (χ1v) is 12.1. The Morgan fingerprint density at radius 1 is 0.970 bits per heavy atom. The Morgan fingerprint density at radius 3 is 2.52 bits per heavy atom. The third-order valence-electron chi connectivity index (χ3n) is 6.76. The van der Waals surface area contributed by atoms with E-state index in [0.29, 0.717) is 6.61 Å². The molecule has 0 N–H and O–H groups in total. The normalized spacial score (nSPS) is 18.6. The first-order chi connectivity index (χ1) is 16.2. The fraction of sp³-hybridized carbons (Fsp3) is 0.481. The number of ether oxygens (including phenoxy) is 4. The molecule has 0 bridgehead atoms. The van der Waals surface area contributed by atoms with Crippen molar-refractivity contribution < 1.29 is 18.9 Å². The third kappa shape index (κ3) is 5.18. The number of aryl methyl sites for hydroxylation is 1. The quantitative estimate of drug-likeness (QED) is 0.459. The largest absolute Gasteiger partial charge is 0.497 e. The van der Waals surface area contributed by atoms with Crippen molar-refractivity contribution in [3.05, 3.63) is 60.3 Å². The number of para-hydroxylation sites is 1. The van der Waals surface area contributed by atoms with Crippen molar-refractivity contribution in [2.24, 2.45) is 0 Å². The number of methoxy groups -OCH3 is 1. The summed E-state index contributed by atoms with van der Waals surface area (Å²) in [5, 5.41) is 1.30. The predicted molar refractivity (Wildman–Crippen MR) is 129 cm³/mol. The van der Waals surface area contributed by atoms with Crippen LogP contribution in [0.5, 0.6) is 11.5 Å². The van der Waals surface area contributed by atoms with E-state index < -0.39 is 0 Å². The lowest BCUT2D eigenvalue weighted by molar-refractivity contribution is -0.284. The fourth-order valence-electron chi connectivity index (χ4n) is 4.93. The molecule has 2 saturated heterocycles. The van der Waals surface area contributed by atoms with Crippen LogP contribution in [0.2, 0.25) is 0 Å². The van der Waals surface area contributed by atoms with Crippen LogP contribution in [0, 0.1) is 0 Å². The van der Waals surface area contributed by atoms with Gasteiger partial charge in [-0.05, 0) is 42.7 Å². The molecule has 0 saturated carbocycles. The monoisotopic (exact) mass is 450 g/mol. The number of benzene rings is 2. The van der Waals surface area contributed by atoms with Crippen molar-refractivity contribution in [2.45, 2.75) is 44.6 Å². The van der Waals surface area contributed by atoms with Gasteiger partial charge in [0.1, 0.15) is 11.5 Å². The molecule has 0 aliphatic carbocycles. The van der Waals surface area contributed by atoms with Gasteiger partial charge in [-0.15, -0.1) is 0 Å². The van der Waals surface area contributed by atoms with E-state index in [4.69, 9.17) is 18.9 Å². The van der Waals surface area contributed by atoms with Gasteiger partial charge in [-0.25, -0.2) is 0 Å². The van der Waals surface area contributed by atoms with Crippen LogP contribution in [0.3, 0.4) is 0 Å². The summed E-state index contributed by atoms with van der Waals surface area (Å²) in [6.07, 6.45) is 6.14. The van der Waals surface area contributed by atoms with E-state index in [1.807, 2.05) is 30.3 Å². The smallest absolute Gasteiger partial charge is 0.170 e. The first kappa shape index (κ1) is 22.3. The van der Waals surface area contributed by atoms with Gasteiger partial charge in [-0.1, -0.05) is 18.2 Å². The Balaban J connectivity index is 1.25. The molecule has 2 aromatic carbocycles. The molecule has 33 heavy (non-hydrogen) atoms. The van der Waals surface area contributed by atoms with E-state index in [1.54, 1.807) is 7.11 Å². The van der Waals surface area contributed by atoms with Crippen LogP contribution in [-0.2, 0) is 22.6 Å². The second kappa shape index (κ2) is 10.2. The molecular weight excluding hydrogens is 416 g/mol. The number of likely N-dealkylation sites (tertiary alicyclic amines) is 1. The van der Waals surface area contributed by atoms with E-state index in [0.717, 1.165) is 76.6 Å². The number of nitrogens with zero attached hydrogens (tertiary/aromatic N) is 2. The van der Waals surface area contributed by atoms with Crippen molar-refractivity contribution in [1.29, 1.82) is 0 Å². The average molecular weight is 451 g/mol. The van der Waals surface area contributed by atoms with Crippen molar-refractivity contribution in [3.8, 4) is 11.5 Å². The van der Waals surface area contributed by atoms with Crippen LogP contribution in [0.25, 0.3) is 10.9 Å². The van der Waals surface area contributed by atoms with Gasteiger partial charge in [0.2, 0.25) is 0 Å². The number of aromatic nitrogens is 1. The Kier molecular flexibility index (Phi) is 6.85. The summed E-state index contributed by atoms with van der Waals surface area (Å²) in [6, 6.07) is 16.4. The predicted octanol–water partition coefficient (Wildman–Crippen LogP) is 4.85. The highest BCUT2D eigenvalue weighted by molar-refractivity contribution is 5.85. The van der Waals surface area contributed by atoms with Crippen LogP contribution in [-0.4, -0.2) is 55.3 Å². The molecule has 1 spiro atoms. The highest BCUT2D eigenvalue weighted by Gasteiger charge is 2.38. The molecule has 3 aromatic rings. The topological polar surface area (TPSA) is 45.1 Å². The van der Waals surface area contributed by atoms with Crippen LogP contribution < -0.4 is 9.47 Å². The molecule has 0 atom stereocenters. The highest BCUT2D eigenvalue weighted by Crippen LogP contribution is 2.33. The molecule has 6 heteroatoms. The molecule has 6 nitrogen and oxygen atoms in total. The Hall–Kier alpha value is -2.54. The zero-order valence-corrected chi connectivity index (χ0v) is 19.5. The van der Waals surface area contributed by atoms with Crippen molar-refractivity contribution in [1.82, 2.24) is 9.47 Å². The van der Waals surface area contributed by atoms with Gasteiger partial charge < -0.3 is 23.5 Å². The molecule has 0 amide bonds. The number of piperidine rings is 1. The van der Waals surface area contributed by atoms with Gasteiger partial charge in [0.05, 0.1) is 32.4 Å². The number of fused-ring (bicyclic) bond motifs is 1. The summed E-state index contributed by atoms with van der Waals surface area (Å²) in [6.45, 7) is 6.17. The lowest BCUT2D eigenvalue weighted by Crippen LogP contribution is -2.49. The zero-order valence-electron chi connectivity index (χ0n) is 19.5. The van der Waals surface area contributed by atoms with Gasteiger partial charge in [-0.3, -0.25) is 4.90 Å². The second-order valence-corrected chi connectivity index (χ2v) is 8.98. The molecular formula is C27H34N2O4. The van der Waals surface area contributed by atoms with Crippen LogP contribution in [0.4, 0.5) is 0 Å². The molecule has 0 radical (unpaired) electrons. The van der Waals surface area contributed by atoms with E-state index in [-0.39, 0.29) is 5.79 Å². The van der Waals surface area contributed by atoms with Gasteiger partial charge in [-0.2, -0.15) is 0 Å². The summed E-state index contributed by atoms with van der Waals surface area (Å²) in [4.78, 5) is 2.52. The van der Waals surface area contributed by atoms with Crippen molar-refractivity contribution in [3.63, 3.8) is 0 Å². The molecule has 1 aromatic heterocycles. The Morgan fingerprint density at radius 2 is 1.76 bits per heavy atom. The lowest BCUT2D eigenvalue weighted by Gasteiger charge is -2.43. The number of hydrogen-bond donors (Lipinski definition) is 0.